The normalized spacial score (nSPS) is 10.5. The van der Waals surface area contributed by atoms with Crippen molar-refractivity contribution in [3.05, 3.63) is 40.7 Å². The smallest absolute Gasteiger partial charge is 0.341 e. The topological polar surface area (TPSA) is 89.5 Å². The van der Waals surface area contributed by atoms with Gasteiger partial charge in [0.1, 0.15) is 22.9 Å². The first-order valence-electron chi connectivity index (χ1n) is 7.54. The van der Waals surface area contributed by atoms with Crippen LogP contribution >= 0.6 is 0 Å². The van der Waals surface area contributed by atoms with E-state index in [0.717, 1.165) is 16.9 Å². The minimum atomic E-state index is -0.570. The molecule has 0 fully saturated rings. The maximum Gasteiger partial charge on any atom is 0.341 e. The number of benzene rings is 1. The minimum Gasteiger partial charge on any atom is -0.497 e. The average Bonchev–Trinajstić information content (AvgIpc) is 3.18. The standard InChI is InChI=1S/C18H16N4O3/c1-10(2)15-14(18(23)25-4)13(9-19)17-21-20-16(22(15)17)11-5-7-12(24-3)8-6-11/h5-8H,1-4H3. The number of carbonyl (C=O) groups excluding carboxylic acids is 1. The van der Waals surface area contributed by atoms with Crippen molar-refractivity contribution in [2.24, 2.45) is 0 Å². The largest absolute Gasteiger partial charge is 0.497 e. The van der Waals surface area contributed by atoms with E-state index in [1.165, 1.54) is 7.11 Å². The Balaban J connectivity index is 2.41. The molecule has 0 amide bonds. The maximum atomic E-state index is 12.3. The van der Waals surface area contributed by atoms with Crippen LogP contribution in [0.1, 0.15) is 29.8 Å². The van der Waals surface area contributed by atoms with Gasteiger partial charge in [0.05, 0.1) is 19.6 Å². The summed E-state index contributed by atoms with van der Waals surface area (Å²) in [6.07, 6.45) is 0. The Morgan fingerprint density at radius 2 is 1.84 bits per heavy atom. The van der Waals surface area contributed by atoms with Crippen LogP contribution in [0, 0.1) is 11.3 Å². The summed E-state index contributed by atoms with van der Waals surface area (Å²) in [5, 5.41) is 18.5. The number of carbonyl (C=O) groups is 1. The molecular formula is C18H16N4O3. The van der Waals surface area contributed by atoms with E-state index >= 15 is 0 Å². The van der Waals surface area contributed by atoms with Crippen molar-refractivity contribution in [3.8, 4) is 23.2 Å². The molecule has 126 valence electrons. The van der Waals surface area contributed by atoms with Crippen LogP contribution in [0.25, 0.3) is 22.6 Å². The number of aromatic nitrogens is 3. The van der Waals surface area contributed by atoms with Gasteiger partial charge in [0.15, 0.2) is 11.5 Å². The van der Waals surface area contributed by atoms with Crippen molar-refractivity contribution in [1.82, 2.24) is 14.6 Å². The van der Waals surface area contributed by atoms with E-state index in [9.17, 15) is 10.1 Å². The third-order valence-electron chi connectivity index (χ3n) is 3.92. The van der Waals surface area contributed by atoms with Crippen molar-refractivity contribution in [1.29, 1.82) is 5.26 Å². The van der Waals surface area contributed by atoms with Crippen LogP contribution in [-0.4, -0.2) is 34.8 Å². The number of nitrogens with zero attached hydrogens (tertiary/aromatic N) is 4. The summed E-state index contributed by atoms with van der Waals surface area (Å²) in [7, 11) is 2.88. The highest BCUT2D eigenvalue weighted by Crippen LogP contribution is 2.24. The van der Waals surface area contributed by atoms with Crippen LogP contribution in [0.5, 0.6) is 5.75 Å². The predicted molar refractivity (Wildman–Crippen MR) is 91.0 cm³/mol. The van der Waals surface area contributed by atoms with Gasteiger partial charge in [-0.2, -0.15) is 5.26 Å². The molecule has 0 unspecified atom stereocenters. The number of methoxy groups -OCH3 is 2. The lowest BCUT2D eigenvalue weighted by atomic mass is 10.1. The third kappa shape index (κ3) is 2.48. The number of hydrogen-bond acceptors (Lipinski definition) is 6. The van der Waals surface area contributed by atoms with Crippen LogP contribution < -0.4 is 10.1 Å². The molecule has 25 heavy (non-hydrogen) atoms. The van der Waals surface area contributed by atoms with Gasteiger partial charge in [-0.1, -0.05) is 5.57 Å². The molecular weight excluding hydrogens is 320 g/mol. The van der Waals surface area contributed by atoms with Crippen LogP contribution in [0.15, 0.2) is 24.3 Å². The SMILES string of the molecule is COC(=O)c1c(C#N)c2nnc(-c3ccc(OC)cc3)n2c1=C(C)C. The maximum absolute atomic E-state index is 12.3. The van der Waals surface area contributed by atoms with Gasteiger partial charge in [-0.05, 0) is 38.1 Å². The van der Waals surface area contributed by atoms with E-state index in [4.69, 9.17) is 9.47 Å². The van der Waals surface area contributed by atoms with Gasteiger partial charge in [-0.25, -0.2) is 4.79 Å². The highest BCUT2D eigenvalue weighted by molar-refractivity contribution is 5.96. The van der Waals surface area contributed by atoms with Gasteiger partial charge in [-0.15, -0.1) is 10.2 Å². The summed E-state index contributed by atoms with van der Waals surface area (Å²) in [5.74, 6) is 0.692. The second kappa shape index (κ2) is 6.24. The quantitative estimate of drug-likeness (QED) is 0.679. The first-order valence-corrected chi connectivity index (χ1v) is 7.54. The van der Waals surface area contributed by atoms with E-state index in [1.807, 2.05) is 38.1 Å². The van der Waals surface area contributed by atoms with Gasteiger partial charge < -0.3 is 9.47 Å². The lowest BCUT2D eigenvalue weighted by molar-refractivity contribution is 0.0599. The van der Waals surface area contributed by atoms with Crippen molar-refractivity contribution in [3.63, 3.8) is 0 Å². The van der Waals surface area contributed by atoms with Crippen molar-refractivity contribution in [2.75, 3.05) is 14.2 Å². The summed E-state index contributed by atoms with van der Waals surface area (Å²) in [4.78, 5) is 12.3. The van der Waals surface area contributed by atoms with Gasteiger partial charge in [-0.3, -0.25) is 4.40 Å². The van der Waals surface area contributed by atoms with E-state index in [1.54, 1.807) is 11.5 Å². The summed E-state index contributed by atoms with van der Waals surface area (Å²) < 4.78 is 11.8. The molecule has 0 aliphatic heterocycles. The molecule has 0 spiro atoms. The second-order valence-electron chi connectivity index (χ2n) is 5.61. The highest BCUT2D eigenvalue weighted by Gasteiger charge is 2.26. The van der Waals surface area contributed by atoms with E-state index in [0.29, 0.717) is 16.8 Å². The van der Waals surface area contributed by atoms with Crippen molar-refractivity contribution in [2.45, 2.75) is 13.8 Å². The average molecular weight is 336 g/mol. The van der Waals surface area contributed by atoms with E-state index in [-0.39, 0.29) is 11.1 Å². The number of ether oxygens (including phenoxy) is 2. The molecule has 3 aromatic rings. The monoisotopic (exact) mass is 336 g/mol. The third-order valence-corrected chi connectivity index (χ3v) is 3.92. The Morgan fingerprint density at radius 3 is 2.36 bits per heavy atom. The van der Waals surface area contributed by atoms with Crippen LogP contribution in [0.2, 0.25) is 0 Å². The summed E-state index contributed by atoms with van der Waals surface area (Å²) >= 11 is 0. The zero-order valence-electron chi connectivity index (χ0n) is 14.3. The molecule has 0 atom stereocenters. The van der Waals surface area contributed by atoms with Gasteiger partial charge in [0.2, 0.25) is 0 Å². The molecule has 0 aliphatic carbocycles. The molecule has 1 aromatic carbocycles. The lowest BCUT2D eigenvalue weighted by Gasteiger charge is -2.03. The Bertz CT molecular complexity index is 1050. The zero-order chi connectivity index (χ0) is 18.1. The first kappa shape index (κ1) is 16.5. The van der Waals surface area contributed by atoms with Crippen LogP contribution in [0.4, 0.5) is 0 Å². The van der Waals surface area contributed by atoms with E-state index in [2.05, 4.69) is 16.3 Å². The summed E-state index contributed by atoms with van der Waals surface area (Å²) in [5.41, 5.74) is 2.35. The summed E-state index contributed by atoms with van der Waals surface area (Å²) in [6, 6.07) is 9.38. The first-order chi connectivity index (χ1) is 12.0. The Morgan fingerprint density at radius 1 is 1.16 bits per heavy atom. The Kier molecular flexibility index (Phi) is 4.11. The molecule has 0 radical (unpaired) electrons. The van der Waals surface area contributed by atoms with Gasteiger partial charge in [0.25, 0.3) is 0 Å². The molecule has 7 nitrogen and oxygen atoms in total. The molecule has 2 aromatic heterocycles. The lowest BCUT2D eigenvalue weighted by Crippen LogP contribution is -2.21. The number of esters is 1. The second-order valence-corrected chi connectivity index (χ2v) is 5.61. The van der Waals surface area contributed by atoms with Crippen LogP contribution in [-0.2, 0) is 4.74 Å². The molecule has 0 saturated carbocycles. The van der Waals surface area contributed by atoms with Gasteiger partial charge in [0, 0.05) is 5.56 Å². The molecule has 0 aliphatic rings. The zero-order valence-corrected chi connectivity index (χ0v) is 14.3. The number of fused-ring (bicyclic) bond motifs is 1. The Labute approximate surface area is 144 Å². The molecule has 7 heteroatoms. The predicted octanol–water partition coefficient (Wildman–Crippen LogP) is 1.97. The molecule has 0 saturated heterocycles. The highest BCUT2D eigenvalue weighted by atomic mass is 16.5. The number of hydrogen-bond donors (Lipinski definition) is 0. The fourth-order valence-corrected chi connectivity index (χ4v) is 2.81. The van der Waals surface area contributed by atoms with Gasteiger partial charge >= 0.3 is 5.97 Å². The van der Waals surface area contributed by atoms with E-state index < -0.39 is 5.97 Å². The molecule has 0 bridgehead atoms. The fraction of sp³-hybridized carbons (Fsp3) is 0.222. The summed E-state index contributed by atoms with van der Waals surface area (Å²) in [6.45, 7) is 3.72. The number of nitriles is 1. The van der Waals surface area contributed by atoms with Crippen LogP contribution in [0.3, 0.4) is 0 Å². The molecule has 0 N–H and O–H groups in total. The van der Waals surface area contributed by atoms with Crippen molar-refractivity contribution >= 4 is 17.2 Å². The number of rotatable bonds is 3. The molecule has 2 heterocycles. The van der Waals surface area contributed by atoms with Crippen molar-refractivity contribution < 1.29 is 14.3 Å². The minimum absolute atomic E-state index is 0.162. The molecule has 3 rings (SSSR count). The fourth-order valence-electron chi connectivity index (χ4n) is 2.81. The Hall–Kier alpha value is -3.40.